The van der Waals surface area contributed by atoms with Crippen molar-refractivity contribution in [3.8, 4) is 0 Å². The van der Waals surface area contributed by atoms with E-state index in [0.29, 0.717) is 24.1 Å². The fourth-order valence-corrected chi connectivity index (χ4v) is 3.21. The second-order valence-corrected chi connectivity index (χ2v) is 6.71. The third-order valence-corrected chi connectivity index (χ3v) is 4.72. The first-order valence-electron chi connectivity index (χ1n) is 8.25. The Bertz CT molecular complexity index is 763. The first kappa shape index (κ1) is 20.2. The number of aromatic nitrogens is 3. The fraction of sp³-hybridized carbons (Fsp3) is 0.562. The van der Waals surface area contributed by atoms with Crippen molar-refractivity contribution >= 4 is 17.3 Å². The van der Waals surface area contributed by atoms with Gasteiger partial charge in [-0.3, -0.25) is 4.68 Å². The summed E-state index contributed by atoms with van der Waals surface area (Å²) in [6.45, 7) is 7.32. The number of aryl methyl sites for hydroxylation is 2. The molecule has 2 aromatic rings. The average Bonchev–Trinajstić information content (AvgIpc) is 3.12. The molecule has 0 saturated heterocycles. The highest BCUT2D eigenvalue weighted by atomic mass is 32.1. The van der Waals surface area contributed by atoms with Gasteiger partial charge in [-0.2, -0.15) is 18.3 Å². The number of nitrogens with one attached hydrogen (secondary N) is 2. The van der Waals surface area contributed by atoms with Gasteiger partial charge >= 0.3 is 6.18 Å². The number of rotatable bonds is 6. The maximum atomic E-state index is 12.6. The van der Waals surface area contributed by atoms with Gasteiger partial charge in [0.15, 0.2) is 11.7 Å². The van der Waals surface area contributed by atoms with E-state index in [4.69, 9.17) is 0 Å². The van der Waals surface area contributed by atoms with Gasteiger partial charge in [0.25, 0.3) is 0 Å². The Morgan fingerprint density at radius 1 is 1.31 bits per heavy atom. The van der Waals surface area contributed by atoms with Gasteiger partial charge in [0.2, 0.25) is 0 Å². The highest BCUT2D eigenvalue weighted by molar-refractivity contribution is 7.09. The van der Waals surface area contributed by atoms with Crippen LogP contribution < -0.4 is 10.6 Å². The van der Waals surface area contributed by atoms with Gasteiger partial charge < -0.3 is 10.6 Å². The van der Waals surface area contributed by atoms with E-state index in [1.165, 1.54) is 5.56 Å². The van der Waals surface area contributed by atoms with Gasteiger partial charge in [-0.15, -0.1) is 11.3 Å². The molecule has 0 atom stereocenters. The number of hydrogen-bond donors (Lipinski definition) is 2. The molecular weight excluding hydrogens is 365 g/mol. The monoisotopic (exact) mass is 388 g/mol. The quantitative estimate of drug-likeness (QED) is 0.590. The number of guanidine groups is 1. The maximum absolute atomic E-state index is 12.6. The lowest BCUT2D eigenvalue weighted by Gasteiger charge is -2.11. The summed E-state index contributed by atoms with van der Waals surface area (Å²) in [6, 6.07) is 0. The van der Waals surface area contributed by atoms with E-state index >= 15 is 0 Å². The van der Waals surface area contributed by atoms with E-state index in [9.17, 15) is 13.2 Å². The largest absolute Gasteiger partial charge is 0.434 e. The minimum atomic E-state index is -4.42. The van der Waals surface area contributed by atoms with Gasteiger partial charge in [0, 0.05) is 31.2 Å². The molecule has 0 aliphatic carbocycles. The maximum Gasteiger partial charge on any atom is 0.434 e. The molecule has 0 radical (unpaired) electrons. The molecule has 2 heterocycles. The normalized spacial score (nSPS) is 12.5. The highest BCUT2D eigenvalue weighted by Crippen LogP contribution is 2.30. The average molecular weight is 388 g/mol. The van der Waals surface area contributed by atoms with E-state index < -0.39 is 11.9 Å². The minimum absolute atomic E-state index is 0.0982. The van der Waals surface area contributed by atoms with Crippen LogP contribution in [-0.4, -0.2) is 33.8 Å². The SMILES string of the molecule is CCNC(=NCc1nc(C(F)(F)F)cs1)NCCc1c(C)nn(C)c1C. The van der Waals surface area contributed by atoms with Crippen molar-refractivity contribution in [3.05, 3.63) is 33.0 Å². The van der Waals surface area contributed by atoms with Gasteiger partial charge in [-0.05, 0) is 32.8 Å². The molecule has 0 amide bonds. The van der Waals surface area contributed by atoms with Gasteiger partial charge in [0.1, 0.15) is 5.01 Å². The Labute approximate surface area is 154 Å². The number of aliphatic imine (C=N–C) groups is 1. The molecule has 2 N–H and O–H groups in total. The Morgan fingerprint density at radius 2 is 2.04 bits per heavy atom. The van der Waals surface area contributed by atoms with Crippen molar-refractivity contribution in [2.24, 2.45) is 12.0 Å². The summed E-state index contributed by atoms with van der Waals surface area (Å²) >= 11 is 0.959. The molecule has 0 aliphatic rings. The van der Waals surface area contributed by atoms with E-state index in [1.807, 2.05) is 32.5 Å². The van der Waals surface area contributed by atoms with Crippen LogP contribution in [0.3, 0.4) is 0 Å². The van der Waals surface area contributed by atoms with Crippen LogP contribution in [0.4, 0.5) is 13.2 Å². The summed E-state index contributed by atoms with van der Waals surface area (Å²) in [5, 5.41) is 12.0. The van der Waals surface area contributed by atoms with Crippen LogP contribution in [0.5, 0.6) is 0 Å². The van der Waals surface area contributed by atoms with Gasteiger partial charge in [-0.1, -0.05) is 0 Å². The van der Waals surface area contributed by atoms with Crippen molar-refractivity contribution in [3.63, 3.8) is 0 Å². The summed E-state index contributed by atoms with van der Waals surface area (Å²) < 4.78 is 39.6. The second-order valence-electron chi connectivity index (χ2n) is 5.77. The van der Waals surface area contributed by atoms with E-state index in [1.54, 1.807) is 0 Å². The topological polar surface area (TPSA) is 67.1 Å². The molecule has 0 fully saturated rings. The van der Waals surface area contributed by atoms with Crippen molar-refractivity contribution in [2.45, 2.75) is 39.9 Å². The first-order valence-corrected chi connectivity index (χ1v) is 9.13. The lowest BCUT2D eigenvalue weighted by molar-refractivity contribution is -0.140. The summed E-state index contributed by atoms with van der Waals surface area (Å²) in [4.78, 5) is 7.90. The smallest absolute Gasteiger partial charge is 0.357 e. The Balaban J connectivity index is 1.95. The molecule has 26 heavy (non-hydrogen) atoms. The first-order chi connectivity index (χ1) is 12.2. The number of thiazole rings is 1. The lowest BCUT2D eigenvalue weighted by atomic mass is 10.1. The molecule has 6 nitrogen and oxygen atoms in total. The van der Waals surface area contributed by atoms with Crippen molar-refractivity contribution in [1.82, 2.24) is 25.4 Å². The summed E-state index contributed by atoms with van der Waals surface area (Å²) in [5.41, 5.74) is 2.43. The van der Waals surface area contributed by atoms with Crippen molar-refractivity contribution in [2.75, 3.05) is 13.1 Å². The van der Waals surface area contributed by atoms with Gasteiger partial charge in [-0.25, -0.2) is 9.98 Å². The standard InChI is InChI=1S/C16H23F3N6S/c1-5-20-15(21-7-6-12-10(2)24-25(4)11(12)3)22-8-14-23-13(9-26-14)16(17,18)19/h9H,5-8H2,1-4H3,(H2,20,21,22). The predicted octanol–water partition coefficient (Wildman–Crippen LogP) is 2.81. The zero-order valence-electron chi connectivity index (χ0n) is 15.2. The number of halogens is 3. The zero-order valence-corrected chi connectivity index (χ0v) is 16.1. The zero-order chi connectivity index (χ0) is 19.3. The van der Waals surface area contributed by atoms with Gasteiger partial charge in [0.05, 0.1) is 12.2 Å². The molecule has 2 aromatic heterocycles. The third kappa shape index (κ3) is 5.20. The summed E-state index contributed by atoms with van der Waals surface area (Å²) in [7, 11) is 1.91. The minimum Gasteiger partial charge on any atom is -0.357 e. The molecule has 0 aliphatic heterocycles. The molecular formula is C16H23F3N6S. The van der Waals surface area contributed by atoms with Crippen LogP contribution in [-0.2, 0) is 26.2 Å². The van der Waals surface area contributed by atoms with E-state index in [-0.39, 0.29) is 6.54 Å². The molecule has 144 valence electrons. The Morgan fingerprint density at radius 3 is 2.58 bits per heavy atom. The molecule has 0 unspecified atom stereocenters. The molecule has 2 rings (SSSR count). The highest BCUT2D eigenvalue weighted by Gasteiger charge is 2.33. The number of nitrogens with zero attached hydrogens (tertiary/aromatic N) is 4. The molecule has 0 aromatic carbocycles. The molecule has 0 bridgehead atoms. The van der Waals surface area contributed by atoms with Crippen molar-refractivity contribution < 1.29 is 13.2 Å². The third-order valence-electron chi connectivity index (χ3n) is 3.89. The van der Waals surface area contributed by atoms with Crippen molar-refractivity contribution in [1.29, 1.82) is 0 Å². The number of hydrogen-bond acceptors (Lipinski definition) is 4. The lowest BCUT2D eigenvalue weighted by Crippen LogP contribution is -2.38. The van der Waals surface area contributed by atoms with Crippen LogP contribution in [0.25, 0.3) is 0 Å². The van der Waals surface area contributed by atoms with Crippen LogP contribution in [0, 0.1) is 13.8 Å². The fourth-order valence-electron chi connectivity index (χ4n) is 2.49. The predicted molar refractivity (Wildman–Crippen MR) is 96.3 cm³/mol. The van der Waals surface area contributed by atoms with E-state index in [0.717, 1.165) is 34.5 Å². The second kappa shape index (κ2) is 8.52. The molecule has 10 heteroatoms. The molecule has 0 spiro atoms. The summed E-state index contributed by atoms with van der Waals surface area (Å²) in [5.74, 6) is 0.551. The number of alkyl halides is 3. The Hall–Kier alpha value is -2.10. The van der Waals surface area contributed by atoms with Crippen LogP contribution in [0.1, 0.15) is 34.6 Å². The van der Waals surface area contributed by atoms with Crippen LogP contribution >= 0.6 is 11.3 Å². The van der Waals surface area contributed by atoms with Crippen LogP contribution in [0.2, 0.25) is 0 Å². The van der Waals surface area contributed by atoms with E-state index in [2.05, 4.69) is 25.7 Å². The Kier molecular flexibility index (Phi) is 6.63. The summed E-state index contributed by atoms with van der Waals surface area (Å²) in [6.07, 6.45) is -3.63. The molecule has 0 saturated carbocycles. The van der Waals surface area contributed by atoms with Crippen LogP contribution in [0.15, 0.2) is 10.4 Å².